The van der Waals surface area contributed by atoms with Gasteiger partial charge < -0.3 is 0 Å². The Hall–Kier alpha value is -1.58. The molecule has 2 aromatic heterocycles. The molecule has 0 N–H and O–H groups in total. The Bertz CT molecular complexity index is 674. The summed E-state index contributed by atoms with van der Waals surface area (Å²) in [6.45, 7) is 0. The Morgan fingerprint density at radius 1 is 1.06 bits per heavy atom. The van der Waals surface area contributed by atoms with Gasteiger partial charge in [-0.2, -0.15) is 4.98 Å². The summed E-state index contributed by atoms with van der Waals surface area (Å²) >= 11 is 12.0. The molecule has 0 aliphatic carbocycles. The fourth-order valence-electron chi connectivity index (χ4n) is 1.73. The lowest BCUT2D eigenvalue weighted by atomic mass is 10.2. The van der Waals surface area contributed by atoms with Gasteiger partial charge in [0.1, 0.15) is 0 Å². The Kier molecular flexibility index (Phi) is 2.50. The maximum absolute atomic E-state index is 6.14. The molecular formula is C12H7Cl2N3. The molecule has 0 saturated heterocycles. The Balaban J connectivity index is 2.29. The summed E-state index contributed by atoms with van der Waals surface area (Å²) in [5.74, 6) is 0.586. The summed E-state index contributed by atoms with van der Waals surface area (Å²) in [4.78, 5) is 8.34. The molecule has 3 nitrogen and oxygen atoms in total. The van der Waals surface area contributed by atoms with Crippen LogP contribution in [0.2, 0.25) is 10.2 Å². The van der Waals surface area contributed by atoms with E-state index in [0.717, 1.165) is 11.3 Å². The minimum atomic E-state index is 0.436. The van der Waals surface area contributed by atoms with E-state index in [1.54, 1.807) is 6.20 Å². The monoisotopic (exact) mass is 263 g/mol. The number of rotatable bonds is 1. The number of aromatic nitrogens is 3. The van der Waals surface area contributed by atoms with Crippen molar-refractivity contribution < 1.29 is 0 Å². The molecule has 0 bridgehead atoms. The fourth-order valence-corrected chi connectivity index (χ4v) is 2.13. The molecule has 5 heteroatoms. The third-order valence-electron chi connectivity index (χ3n) is 2.48. The Morgan fingerprint density at radius 3 is 2.59 bits per heavy atom. The molecule has 1 aromatic carbocycles. The first-order valence-corrected chi connectivity index (χ1v) is 5.76. The molecule has 0 atom stereocenters. The molecule has 0 spiro atoms. The lowest BCUT2D eigenvalue weighted by molar-refractivity contribution is 1.11. The van der Waals surface area contributed by atoms with Crippen LogP contribution in [0, 0.1) is 0 Å². The van der Waals surface area contributed by atoms with Gasteiger partial charge >= 0.3 is 0 Å². The standard InChI is InChI=1S/C12H7Cl2N3/c13-9-4-2-8(3-5-9)10-11(14)16-12-15-6-1-7-17(10)12/h1-7H. The average Bonchev–Trinajstić information content (AvgIpc) is 2.66. The van der Waals surface area contributed by atoms with Crippen molar-refractivity contribution in [3.05, 3.63) is 52.9 Å². The average molecular weight is 264 g/mol. The van der Waals surface area contributed by atoms with Gasteiger partial charge in [-0.05, 0) is 18.2 Å². The van der Waals surface area contributed by atoms with Crippen molar-refractivity contribution in [3.63, 3.8) is 0 Å². The summed E-state index contributed by atoms with van der Waals surface area (Å²) in [6, 6.07) is 9.30. The van der Waals surface area contributed by atoms with Crippen LogP contribution >= 0.6 is 23.2 Å². The summed E-state index contributed by atoms with van der Waals surface area (Å²) in [6.07, 6.45) is 3.56. The highest BCUT2D eigenvalue weighted by atomic mass is 35.5. The van der Waals surface area contributed by atoms with Crippen molar-refractivity contribution in [2.24, 2.45) is 0 Å². The fraction of sp³-hybridized carbons (Fsp3) is 0. The van der Waals surface area contributed by atoms with E-state index in [1.165, 1.54) is 0 Å². The van der Waals surface area contributed by atoms with E-state index < -0.39 is 0 Å². The van der Waals surface area contributed by atoms with Crippen molar-refractivity contribution in [1.82, 2.24) is 14.4 Å². The topological polar surface area (TPSA) is 30.2 Å². The molecule has 0 aliphatic heterocycles. The summed E-state index contributed by atoms with van der Waals surface area (Å²) in [7, 11) is 0. The largest absolute Gasteiger partial charge is 0.282 e. The van der Waals surface area contributed by atoms with Crippen LogP contribution < -0.4 is 0 Å². The lowest BCUT2D eigenvalue weighted by Gasteiger charge is -2.01. The van der Waals surface area contributed by atoms with Gasteiger partial charge in [0.2, 0.25) is 5.78 Å². The van der Waals surface area contributed by atoms with Crippen molar-refractivity contribution in [2.45, 2.75) is 0 Å². The summed E-state index contributed by atoms with van der Waals surface area (Å²) in [5, 5.41) is 1.13. The number of hydrogen-bond acceptors (Lipinski definition) is 2. The van der Waals surface area contributed by atoms with Crippen LogP contribution in [0.1, 0.15) is 0 Å². The predicted molar refractivity (Wildman–Crippen MR) is 68.4 cm³/mol. The zero-order chi connectivity index (χ0) is 11.8. The maximum Gasteiger partial charge on any atom is 0.235 e. The minimum Gasteiger partial charge on any atom is -0.282 e. The van der Waals surface area contributed by atoms with Crippen LogP contribution in [0.25, 0.3) is 17.0 Å². The zero-order valence-corrected chi connectivity index (χ0v) is 10.2. The highest BCUT2D eigenvalue weighted by molar-refractivity contribution is 6.32. The first-order chi connectivity index (χ1) is 8.25. The maximum atomic E-state index is 6.14. The van der Waals surface area contributed by atoms with Gasteiger partial charge in [-0.15, -0.1) is 0 Å². The lowest BCUT2D eigenvalue weighted by Crippen LogP contribution is -1.89. The predicted octanol–water partition coefficient (Wildman–Crippen LogP) is 3.70. The third kappa shape index (κ3) is 1.77. The summed E-state index contributed by atoms with van der Waals surface area (Å²) in [5.41, 5.74) is 1.78. The van der Waals surface area contributed by atoms with Crippen LogP contribution in [0.3, 0.4) is 0 Å². The quantitative estimate of drug-likeness (QED) is 0.670. The van der Waals surface area contributed by atoms with E-state index in [-0.39, 0.29) is 0 Å². The van der Waals surface area contributed by atoms with E-state index in [2.05, 4.69) is 9.97 Å². The third-order valence-corrected chi connectivity index (χ3v) is 2.99. The first kappa shape index (κ1) is 10.6. The molecule has 0 radical (unpaired) electrons. The van der Waals surface area contributed by atoms with Crippen molar-refractivity contribution in [3.8, 4) is 11.3 Å². The second-order valence-electron chi connectivity index (χ2n) is 3.55. The van der Waals surface area contributed by atoms with E-state index in [9.17, 15) is 0 Å². The van der Waals surface area contributed by atoms with Crippen LogP contribution in [-0.2, 0) is 0 Å². The van der Waals surface area contributed by atoms with E-state index in [0.29, 0.717) is 16.0 Å². The molecule has 0 unspecified atom stereocenters. The number of hydrogen-bond donors (Lipinski definition) is 0. The normalized spacial score (nSPS) is 10.9. The van der Waals surface area contributed by atoms with Gasteiger partial charge in [0.15, 0.2) is 5.15 Å². The Labute approximate surface area is 108 Å². The molecular weight excluding hydrogens is 257 g/mol. The second-order valence-corrected chi connectivity index (χ2v) is 4.34. The first-order valence-electron chi connectivity index (χ1n) is 5.00. The number of nitrogens with zero attached hydrogens (tertiary/aromatic N) is 3. The SMILES string of the molecule is Clc1ccc(-c2c(Cl)nc3ncccn23)cc1. The highest BCUT2D eigenvalue weighted by Gasteiger charge is 2.12. The molecule has 0 amide bonds. The van der Waals surface area contributed by atoms with Gasteiger partial charge in [0.05, 0.1) is 5.69 Å². The molecule has 2 heterocycles. The van der Waals surface area contributed by atoms with Crippen molar-refractivity contribution in [2.75, 3.05) is 0 Å². The number of fused-ring (bicyclic) bond motifs is 1. The van der Waals surface area contributed by atoms with Crippen LogP contribution in [0.5, 0.6) is 0 Å². The molecule has 17 heavy (non-hydrogen) atoms. The zero-order valence-electron chi connectivity index (χ0n) is 8.64. The van der Waals surface area contributed by atoms with Gasteiger partial charge in [0.25, 0.3) is 0 Å². The van der Waals surface area contributed by atoms with Gasteiger partial charge in [0, 0.05) is 23.0 Å². The van der Waals surface area contributed by atoms with Crippen molar-refractivity contribution in [1.29, 1.82) is 0 Å². The molecule has 84 valence electrons. The smallest absolute Gasteiger partial charge is 0.235 e. The molecule has 0 saturated carbocycles. The van der Waals surface area contributed by atoms with E-state index in [4.69, 9.17) is 23.2 Å². The second kappa shape index (κ2) is 4.02. The molecule has 3 rings (SSSR count). The van der Waals surface area contributed by atoms with Gasteiger partial charge in [-0.1, -0.05) is 35.3 Å². The van der Waals surface area contributed by atoms with E-state index >= 15 is 0 Å². The number of benzene rings is 1. The highest BCUT2D eigenvalue weighted by Crippen LogP contribution is 2.28. The van der Waals surface area contributed by atoms with Crippen LogP contribution in [-0.4, -0.2) is 14.4 Å². The van der Waals surface area contributed by atoms with Crippen LogP contribution in [0.4, 0.5) is 0 Å². The van der Waals surface area contributed by atoms with Gasteiger partial charge in [-0.3, -0.25) is 4.40 Å². The number of imidazole rings is 1. The number of halogens is 2. The summed E-state index contributed by atoms with van der Waals surface area (Å²) < 4.78 is 1.85. The van der Waals surface area contributed by atoms with Crippen molar-refractivity contribution >= 4 is 29.0 Å². The van der Waals surface area contributed by atoms with Crippen LogP contribution in [0.15, 0.2) is 42.7 Å². The van der Waals surface area contributed by atoms with E-state index in [1.807, 2.05) is 40.9 Å². The molecule has 3 aromatic rings. The van der Waals surface area contributed by atoms with Gasteiger partial charge in [-0.25, -0.2) is 4.98 Å². The molecule has 0 aliphatic rings. The molecule has 0 fully saturated rings. The Morgan fingerprint density at radius 2 is 1.82 bits per heavy atom. The minimum absolute atomic E-state index is 0.436.